The maximum atomic E-state index is 2.64. The molecule has 3 aliphatic rings. The molecule has 1 aliphatic heterocycles. The number of benzene rings is 2. The second-order valence-electron chi connectivity index (χ2n) is 7.56. The number of hydrogen-bond donors (Lipinski definition) is 0. The molecule has 25 heavy (non-hydrogen) atoms. The van der Waals surface area contributed by atoms with Gasteiger partial charge in [0.1, 0.15) is 0 Å². The van der Waals surface area contributed by atoms with Gasteiger partial charge in [-0.25, -0.2) is 0 Å². The van der Waals surface area contributed by atoms with E-state index in [1.54, 1.807) is 19.5 Å². The summed E-state index contributed by atoms with van der Waals surface area (Å²) in [5.74, 6) is 0. The molecule has 2 aliphatic carbocycles. The fraction of sp³-hybridized carbons (Fsp3) is 0.273. The van der Waals surface area contributed by atoms with Gasteiger partial charge in [-0.05, 0) is 0 Å². The summed E-state index contributed by atoms with van der Waals surface area (Å²) in [6.45, 7) is 4.62. The summed E-state index contributed by atoms with van der Waals surface area (Å²) in [5.41, 5.74) is 9.39. The Bertz CT molecular complexity index is 808. The maximum Gasteiger partial charge on any atom is -1.00 e. The first-order valence-corrected chi connectivity index (χ1v) is 18.0. The number of halogens is 2. The molecule has 128 valence electrons. The summed E-state index contributed by atoms with van der Waals surface area (Å²) in [6, 6.07) is 18.4. The van der Waals surface area contributed by atoms with Crippen LogP contribution in [0.5, 0.6) is 0 Å². The van der Waals surface area contributed by atoms with Crippen LogP contribution in [0, 0.1) is 0 Å². The third-order valence-electron chi connectivity index (χ3n) is 6.34. The molecule has 0 N–H and O–H groups in total. The number of rotatable bonds is 2. The summed E-state index contributed by atoms with van der Waals surface area (Å²) in [6.07, 6.45) is 5.28. The average Bonchev–Trinajstić information content (AvgIpc) is 3.22. The second-order valence-corrected chi connectivity index (χ2v) is 24.5. The minimum Gasteiger partial charge on any atom is -1.00 e. The van der Waals surface area contributed by atoms with E-state index in [4.69, 9.17) is 0 Å². The van der Waals surface area contributed by atoms with Crippen LogP contribution >= 0.6 is 0 Å². The Morgan fingerprint density at radius 3 is 1.48 bits per heavy atom. The van der Waals surface area contributed by atoms with Crippen molar-refractivity contribution in [2.75, 3.05) is 0 Å². The summed E-state index contributed by atoms with van der Waals surface area (Å²) >= 11 is -2.36. The van der Waals surface area contributed by atoms with Crippen LogP contribution in [-0.2, 0) is 20.0 Å². The van der Waals surface area contributed by atoms with Gasteiger partial charge in [-0.2, -0.15) is 0 Å². The molecule has 2 aromatic rings. The van der Waals surface area contributed by atoms with Gasteiger partial charge in [-0.1, -0.05) is 0 Å². The predicted molar refractivity (Wildman–Crippen MR) is 95.3 cm³/mol. The van der Waals surface area contributed by atoms with Gasteiger partial charge < -0.3 is 24.8 Å². The smallest absolute Gasteiger partial charge is 1.00 e. The molecular weight excluding hydrogens is 514 g/mol. The van der Waals surface area contributed by atoms with Gasteiger partial charge in [0, 0.05) is 0 Å². The zero-order valence-corrected chi connectivity index (χ0v) is 19.7. The molecule has 2 aromatic carbocycles. The molecule has 0 spiro atoms. The first kappa shape index (κ1) is 19.1. The molecule has 1 heterocycles. The average molecular weight is 536 g/mol. The van der Waals surface area contributed by atoms with Crippen molar-refractivity contribution in [3.8, 4) is 0 Å². The largest absolute Gasteiger partial charge is 1.00 e. The van der Waals surface area contributed by atoms with E-state index >= 15 is 0 Å². The van der Waals surface area contributed by atoms with Crippen molar-refractivity contribution in [1.82, 2.24) is 0 Å². The maximum absolute atomic E-state index is 2.64. The van der Waals surface area contributed by atoms with E-state index in [0.717, 1.165) is 7.35 Å². The third kappa shape index (κ3) is 2.74. The molecule has 0 amide bonds. The Morgan fingerprint density at radius 2 is 1.08 bits per heavy atom. The van der Waals surface area contributed by atoms with E-state index in [9.17, 15) is 0 Å². The van der Waals surface area contributed by atoms with Gasteiger partial charge >= 0.3 is 144 Å². The van der Waals surface area contributed by atoms with Gasteiger partial charge in [0.25, 0.3) is 0 Å². The van der Waals surface area contributed by atoms with Gasteiger partial charge in [-0.3, -0.25) is 0 Å². The minimum atomic E-state index is -2.36. The fourth-order valence-corrected chi connectivity index (χ4v) is 30.9. The van der Waals surface area contributed by atoms with Crippen LogP contribution in [-0.4, -0.2) is 0 Å². The fourth-order valence-electron chi connectivity index (χ4n) is 5.02. The van der Waals surface area contributed by atoms with E-state index in [-0.39, 0.29) is 24.8 Å². The van der Waals surface area contributed by atoms with Crippen LogP contribution in [0.2, 0.25) is 8.35 Å². The Balaban J connectivity index is 0.000000911. The quantitative estimate of drug-likeness (QED) is 0.486. The van der Waals surface area contributed by atoms with Gasteiger partial charge in [0.15, 0.2) is 0 Å². The minimum absolute atomic E-state index is 0. The number of allylic oxidation sites excluding steroid dienone is 4. The molecule has 0 bridgehead atoms. The molecule has 2 unspecified atom stereocenters. The van der Waals surface area contributed by atoms with E-state index in [2.05, 4.69) is 74.5 Å². The predicted octanol–water partition coefficient (Wildman–Crippen LogP) is 0.315. The molecule has 0 radical (unpaired) electrons. The molecule has 1 fully saturated rings. The summed E-state index contributed by atoms with van der Waals surface area (Å²) < 4.78 is 4.75. The normalized spacial score (nSPS) is 23.0. The topological polar surface area (TPSA) is 0 Å². The van der Waals surface area contributed by atoms with Crippen LogP contribution < -0.4 is 24.8 Å². The van der Waals surface area contributed by atoms with Crippen LogP contribution in [0.4, 0.5) is 0 Å². The summed E-state index contributed by atoms with van der Waals surface area (Å²) in [4.78, 5) is 0. The Labute approximate surface area is 167 Å². The van der Waals surface area contributed by atoms with Crippen molar-refractivity contribution in [3.05, 3.63) is 82.9 Å². The zero-order valence-electron chi connectivity index (χ0n) is 14.6. The van der Waals surface area contributed by atoms with Crippen LogP contribution in [0.1, 0.15) is 43.5 Å². The molecule has 5 rings (SSSR count). The van der Waals surface area contributed by atoms with Crippen molar-refractivity contribution in [1.29, 1.82) is 0 Å². The Morgan fingerprint density at radius 1 is 0.680 bits per heavy atom. The zero-order chi connectivity index (χ0) is 15.6. The van der Waals surface area contributed by atoms with Crippen molar-refractivity contribution in [2.24, 2.45) is 0 Å². The number of fused-ring (bicyclic) bond motifs is 2. The molecule has 2 atom stereocenters. The van der Waals surface area contributed by atoms with E-state index in [1.165, 1.54) is 22.3 Å². The molecule has 0 saturated carbocycles. The van der Waals surface area contributed by atoms with Crippen LogP contribution in [0.25, 0.3) is 11.1 Å². The Kier molecular flexibility index (Phi) is 5.23. The SMILES string of the molecule is CC1=C[CH]([Hf+2]2([CH]3C=C(C)c4ccccc43)[CH2][CH2]2)c2ccccc21.[Cl-].[Cl-]. The van der Waals surface area contributed by atoms with Gasteiger partial charge in [0.05, 0.1) is 0 Å². The third-order valence-corrected chi connectivity index (χ3v) is 24.6. The summed E-state index contributed by atoms with van der Waals surface area (Å²) in [7, 11) is 0. The molecular formula is C22H22Cl2Hf. The number of hydrogen-bond acceptors (Lipinski definition) is 0. The van der Waals surface area contributed by atoms with Gasteiger partial charge in [0.2, 0.25) is 0 Å². The van der Waals surface area contributed by atoms with Gasteiger partial charge in [-0.15, -0.1) is 0 Å². The van der Waals surface area contributed by atoms with E-state index < -0.39 is 20.0 Å². The summed E-state index contributed by atoms with van der Waals surface area (Å²) in [5, 5.41) is 0. The van der Waals surface area contributed by atoms with Crippen molar-refractivity contribution in [3.63, 3.8) is 0 Å². The molecule has 0 nitrogen and oxygen atoms in total. The first-order chi connectivity index (χ1) is 11.2. The van der Waals surface area contributed by atoms with Crippen molar-refractivity contribution in [2.45, 2.75) is 29.6 Å². The molecule has 1 saturated heterocycles. The van der Waals surface area contributed by atoms with E-state index in [0.29, 0.717) is 0 Å². The monoisotopic (exact) mass is 536 g/mol. The van der Waals surface area contributed by atoms with Crippen LogP contribution in [0.3, 0.4) is 0 Å². The standard InChI is InChI=1S/2C10H9.C2H4.2ClH.Hf/c2*1-8-6-7-9-4-2-3-5-10(8)9;1-2;;;/h2*2-7H,1H3;1-2H2;2*1H;/q;;;;;+2/p-2. The van der Waals surface area contributed by atoms with Crippen molar-refractivity contribution < 1.29 is 44.8 Å². The van der Waals surface area contributed by atoms with E-state index in [1.807, 2.05) is 0 Å². The molecule has 3 heteroatoms. The van der Waals surface area contributed by atoms with Crippen LogP contribution in [0.15, 0.2) is 60.7 Å². The second kappa shape index (κ2) is 6.83. The Hall–Kier alpha value is -0.630. The first-order valence-electron chi connectivity index (χ1n) is 8.76. The van der Waals surface area contributed by atoms with Crippen molar-refractivity contribution >= 4 is 11.1 Å². The molecule has 0 aromatic heterocycles.